The van der Waals surface area contributed by atoms with Crippen LogP contribution in [0.25, 0.3) is 11.1 Å². The molecular weight excluding hydrogens is 249 g/mol. The zero-order chi connectivity index (χ0) is 12.6. The molecule has 0 spiro atoms. The van der Waals surface area contributed by atoms with Crippen LogP contribution >= 0.6 is 11.6 Å². The van der Waals surface area contributed by atoms with Crippen molar-refractivity contribution in [1.82, 2.24) is 0 Å². The van der Waals surface area contributed by atoms with Crippen molar-refractivity contribution in [2.45, 2.75) is 6.92 Å². The van der Waals surface area contributed by atoms with Gasteiger partial charge >= 0.3 is 0 Å². The van der Waals surface area contributed by atoms with Crippen LogP contribution in [-0.4, -0.2) is 0 Å². The second-order valence-electron chi connectivity index (χ2n) is 3.73. The van der Waals surface area contributed by atoms with Gasteiger partial charge in [-0.3, -0.25) is 0 Å². The van der Waals surface area contributed by atoms with Gasteiger partial charge in [0, 0.05) is 10.6 Å². The lowest BCUT2D eigenvalue weighted by Gasteiger charge is -2.08. The molecule has 2 aromatic carbocycles. The molecule has 4 heteroatoms. The molecule has 0 fully saturated rings. The SMILES string of the molecule is Cc1cc(F)c(-c2cc(F)ccc2Cl)c(F)c1. The quantitative estimate of drug-likeness (QED) is 0.692. The normalized spacial score (nSPS) is 10.6. The Morgan fingerprint density at radius 2 is 1.53 bits per heavy atom. The van der Waals surface area contributed by atoms with Crippen LogP contribution in [0.1, 0.15) is 5.56 Å². The van der Waals surface area contributed by atoms with Crippen molar-refractivity contribution in [3.05, 3.63) is 58.4 Å². The van der Waals surface area contributed by atoms with Crippen molar-refractivity contribution in [2.24, 2.45) is 0 Å². The number of hydrogen-bond acceptors (Lipinski definition) is 0. The van der Waals surface area contributed by atoms with E-state index in [4.69, 9.17) is 11.6 Å². The highest BCUT2D eigenvalue weighted by molar-refractivity contribution is 6.33. The third kappa shape index (κ3) is 2.29. The Balaban J connectivity index is 2.72. The van der Waals surface area contributed by atoms with E-state index >= 15 is 0 Å². The lowest BCUT2D eigenvalue weighted by atomic mass is 10.0. The van der Waals surface area contributed by atoms with E-state index in [0.717, 1.165) is 12.1 Å². The van der Waals surface area contributed by atoms with E-state index in [-0.39, 0.29) is 16.1 Å². The lowest BCUT2D eigenvalue weighted by Crippen LogP contribution is -1.93. The molecule has 0 heterocycles. The minimum atomic E-state index is -0.755. The van der Waals surface area contributed by atoms with Gasteiger partial charge in [-0.1, -0.05) is 11.6 Å². The van der Waals surface area contributed by atoms with Gasteiger partial charge in [0.1, 0.15) is 17.5 Å². The van der Waals surface area contributed by atoms with Crippen LogP contribution in [0.5, 0.6) is 0 Å². The molecule has 0 bridgehead atoms. The molecule has 0 atom stereocenters. The maximum Gasteiger partial charge on any atom is 0.134 e. The van der Waals surface area contributed by atoms with Crippen LogP contribution in [0.15, 0.2) is 30.3 Å². The summed E-state index contributed by atoms with van der Waals surface area (Å²) in [6, 6.07) is 5.78. The second-order valence-corrected chi connectivity index (χ2v) is 4.13. The molecule has 2 aromatic rings. The summed E-state index contributed by atoms with van der Waals surface area (Å²) >= 11 is 5.81. The maximum atomic E-state index is 13.7. The van der Waals surface area contributed by atoms with Crippen LogP contribution in [0, 0.1) is 24.4 Å². The van der Waals surface area contributed by atoms with E-state index in [9.17, 15) is 13.2 Å². The highest BCUT2D eigenvalue weighted by Gasteiger charge is 2.15. The number of rotatable bonds is 1. The molecule has 0 nitrogen and oxygen atoms in total. The van der Waals surface area contributed by atoms with Gasteiger partial charge < -0.3 is 0 Å². The molecule has 0 aliphatic heterocycles. The van der Waals surface area contributed by atoms with Crippen molar-refractivity contribution in [3.8, 4) is 11.1 Å². The van der Waals surface area contributed by atoms with Gasteiger partial charge in [-0.05, 0) is 42.8 Å². The van der Waals surface area contributed by atoms with Gasteiger partial charge in [0.05, 0.1) is 5.56 Å². The number of benzene rings is 2. The molecule has 0 N–H and O–H groups in total. The Labute approximate surface area is 102 Å². The van der Waals surface area contributed by atoms with Crippen molar-refractivity contribution in [3.63, 3.8) is 0 Å². The third-order valence-corrected chi connectivity index (χ3v) is 2.71. The first kappa shape index (κ1) is 12.0. The van der Waals surface area contributed by atoms with Gasteiger partial charge in [-0.2, -0.15) is 0 Å². The van der Waals surface area contributed by atoms with Gasteiger partial charge in [-0.25, -0.2) is 13.2 Å². The van der Waals surface area contributed by atoms with E-state index in [1.54, 1.807) is 6.92 Å². The number of aryl methyl sites for hydroxylation is 1. The molecule has 0 radical (unpaired) electrons. The Bertz CT molecular complexity index is 556. The van der Waals surface area contributed by atoms with E-state index < -0.39 is 17.5 Å². The fraction of sp³-hybridized carbons (Fsp3) is 0.0769. The first-order valence-corrected chi connectivity index (χ1v) is 5.28. The van der Waals surface area contributed by atoms with E-state index in [1.807, 2.05) is 0 Å². The van der Waals surface area contributed by atoms with Gasteiger partial charge in [0.15, 0.2) is 0 Å². The Morgan fingerprint density at radius 1 is 0.941 bits per heavy atom. The molecule has 88 valence electrons. The van der Waals surface area contributed by atoms with Crippen LogP contribution in [0.2, 0.25) is 5.02 Å². The average Bonchev–Trinajstić information content (AvgIpc) is 2.21. The fourth-order valence-electron chi connectivity index (χ4n) is 1.65. The van der Waals surface area contributed by atoms with E-state index in [1.165, 1.54) is 18.2 Å². The Hall–Kier alpha value is -1.48. The summed E-state index contributed by atoms with van der Waals surface area (Å²) in [6.07, 6.45) is 0. The Kier molecular flexibility index (Phi) is 3.11. The van der Waals surface area contributed by atoms with Crippen molar-refractivity contribution in [1.29, 1.82) is 0 Å². The molecule has 0 aromatic heterocycles. The smallest absolute Gasteiger partial charge is 0.134 e. The predicted molar refractivity (Wildman–Crippen MR) is 61.5 cm³/mol. The first-order chi connectivity index (χ1) is 7.99. The first-order valence-electron chi connectivity index (χ1n) is 4.90. The maximum absolute atomic E-state index is 13.7. The molecular formula is C13H8ClF3. The predicted octanol–water partition coefficient (Wildman–Crippen LogP) is 4.73. The largest absolute Gasteiger partial charge is 0.207 e. The van der Waals surface area contributed by atoms with Gasteiger partial charge in [-0.15, -0.1) is 0 Å². The molecule has 0 amide bonds. The summed E-state index contributed by atoms with van der Waals surface area (Å²) in [5.74, 6) is -2.10. The summed E-state index contributed by atoms with van der Waals surface area (Å²) in [5, 5.41) is 0.105. The minimum Gasteiger partial charge on any atom is -0.207 e. The van der Waals surface area contributed by atoms with Gasteiger partial charge in [0.25, 0.3) is 0 Å². The molecule has 0 saturated carbocycles. The van der Waals surface area contributed by atoms with E-state index in [2.05, 4.69) is 0 Å². The van der Waals surface area contributed by atoms with E-state index in [0.29, 0.717) is 5.56 Å². The second kappa shape index (κ2) is 4.41. The summed E-state index contributed by atoms with van der Waals surface area (Å²) in [7, 11) is 0. The van der Waals surface area contributed by atoms with Crippen molar-refractivity contribution in [2.75, 3.05) is 0 Å². The lowest BCUT2D eigenvalue weighted by molar-refractivity contribution is 0.587. The highest BCUT2D eigenvalue weighted by Crippen LogP contribution is 2.33. The minimum absolute atomic E-state index is 0.0154. The van der Waals surface area contributed by atoms with Crippen LogP contribution in [0.4, 0.5) is 13.2 Å². The third-order valence-electron chi connectivity index (χ3n) is 2.38. The van der Waals surface area contributed by atoms with Crippen molar-refractivity contribution < 1.29 is 13.2 Å². The zero-order valence-electron chi connectivity index (χ0n) is 8.90. The summed E-state index contributed by atoms with van der Waals surface area (Å²) in [6.45, 7) is 1.57. The topological polar surface area (TPSA) is 0 Å². The summed E-state index contributed by atoms with van der Waals surface area (Å²) in [5.41, 5.74) is 0.165. The summed E-state index contributed by atoms with van der Waals surface area (Å²) < 4.78 is 40.4. The standard InChI is InChI=1S/C13H8ClF3/c1-7-4-11(16)13(12(17)5-7)9-6-8(15)2-3-10(9)14/h2-6H,1H3. The molecule has 0 aliphatic carbocycles. The average molecular weight is 257 g/mol. The van der Waals surface area contributed by atoms with Crippen LogP contribution in [0.3, 0.4) is 0 Å². The number of halogens is 4. The molecule has 2 rings (SSSR count). The Morgan fingerprint density at radius 3 is 2.12 bits per heavy atom. The van der Waals surface area contributed by atoms with Crippen molar-refractivity contribution >= 4 is 11.6 Å². The summed E-state index contributed by atoms with van der Waals surface area (Å²) in [4.78, 5) is 0. The monoisotopic (exact) mass is 256 g/mol. The fourth-order valence-corrected chi connectivity index (χ4v) is 1.86. The molecule has 0 unspecified atom stereocenters. The zero-order valence-corrected chi connectivity index (χ0v) is 9.65. The molecule has 17 heavy (non-hydrogen) atoms. The molecule has 0 saturated heterocycles. The van der Waals surface area contributed by atoms with Crippen LogP contribution < -0.4 is 0 Å². The van der Waals surface area contributed by atoms with Gasteiger partial charge in [0.2, 0.25) is 0 Å². The van der Waals surface area contributed by atoms with Crippen LogP contribution in [-0.2, 0) is 0 Å². The molecule has 0 aliphatic rings. The highest BCUT2D eigenvalue weighted by atomic mass is 35.5. The number of hydrogen-bond donors (Lipinski definition) is 0.